The van der Waals surface area contributed by atoms with E-state index in [4.69, 9.17) is 0 Å². The Morgan fingerprint density at radius 2 is 1.95 bits per heavy atom. The summed E-state index contributed by atoms with van der Waals surface area (Å²) in [5.74, 6) is -0.170. The second-order valence-electron chi connectivity index (χ2n) is 5.16. The lowest BCUT2D eigenvalue weighted by molar-refractivity contribution is 0.225. The minimum absolute atomic E-state index is 0.0624. The smallest absolute Gasteiger partial charge is 0.123 e. The van der Waals surface area contributed by atoms with E-state index < -0.39 is 0 Å². The molecule has 0 spiro atoms. The van der Waals surface area contributed by atoms with Crippen LogP contribution in [0.1, 0.15) is 10.6 Å². The Bertz CT molecular complexity index is 707. The zero-order valence-corrected chi connectivity index (χ0v) is 12.3. The number of aliphatic hydroxyl groups excluding tert-OH is 1. The molecule has 1 heterocycles. The number of hydrogen-bond acceptors (Lipinski definition) is 3. The van der Waals surface area contributed by atoms with E-state index in [1.54, 1.807) is 17.4 Å². The molecule has 3 aromatic rings. The number of fused-ring (bicyclic) bond motifs is 1. The van der Waals surface area contributed by atoms with Crippen LogP contribution in [0.15, 0.2) is 48.5 Å². The maximum absolute atomic E-state index is 13.2. The maximum Gasteiger partial charge on any atom is 0.123 e. The summed E-state index contributed by atoms with van der Waals surface area (Å²) in [6.07, 6.45) is 1.37. The molecule has 0 saturated heterocycles. The van der Waals surface area contributed by atoms with Crippen molar-refractivity contribution >= 4 is 21.6 Å². The molecule has 0 bridgehead atoms. The van der Waals surface area contributed by atoms with E-state index in [0.717, 1.165) is 20.8 Å². The quantitative estimate of drug-likeness (QED) is 0.777. The van der Waals surface area contributed by atoms with Gasteiger partial charge in [-0.05, 0) is 42.2 Å². The second-order valence-corrected chi connectivity index (χ2v) is 6.28. The number of aliphatic hydroxyl groups is 1. The van der Waals surface area contributed by atoms with Gasteiger partial charge in [0.1, 0.15) is 5.82 Å². The molecular formula is C17H16FNOS. The molecule has 0 aliphatic carbocycles. The molecule has 4 heteroatoms. The molecular weight excluding hydrogens is 285 g/mol. The summed E-state index contributed by atoms with van der Waals surface area (Å²) in [6.45, 7) is 0.0758. The third-order valence-electron chi connectivity index (χ3n) is 3.47. The highest BCUT2D eigenvalue weighted by Gasteiger charge is 2.13. The van der Waals surface area contributed by atoms with Gasteiger partial charge in [-0.25, -0.2) is 9.37 Å². The molecule has 3 rings (SSSR count). The van der Waals surface area contributed by atoms with Crippen molar-refractivity contribution in [3.8, 4) is 0 Å². The van der Waals surface area contributed by atoms with Crippen LogP contribution in [-0.2, 0) is 12.8 Å². The summed E-state index contributed by atoms with van der Waals surface area (Å²) in [5.41, 5.74) is 1.91. The monoisotopic (exact) mass is 301 g/mol. The first-order valence-electron chi connectivity index (χ1n) is 6.94. The van der Waals surface area contributed by atoms with E-state index in [1.807, 2.05) is 24.3 Å². The number of nitrogens with zero attached hydrogens (tertiary/aromatic N) is 1. The highest BCUT2D eigenvalue weighted by atomic mass is 32.1. The van der Waals surface area contributed by atoms with Crippen LogP contribution in [0.4, 0.5) is 4.39 Å². The minimum Gasteiger partial charge on any atom is -0.396 e. The molecule has 0 radical (unpaired) electrons. The number of rotatable bonds is 5. The van der Waals surface area contributed by atoms with E-state index in [1.165, 1.54) is 12.1 Å². The van der Waals surface area contributed by atoms with Crippen LogP contribution in [0.5, 0.6) is 0 Å². The van der Waals surface area contributed by atoms with Gasteiger partial charge in [0.15, 0.2) is 0 Å². The van der Waals surface area contributed by atoms with Gasteiger partial charge in [0.25, 0.3) is 0 Å². The molecule has 0 fully saturated rings. The van der Waals surface area contributed by atoms with Crippen LogP contribution in [0.2, 0.25) is 0 Å². The maximum atomic E-state index is 13.2. The van der Waals surface area contributed by atoms with Crippen molar-refractivity contribution in [3.63, 3.8) is 0 Å². The molecule has 1 aromatic heterocycles. The van der Waals surface area contributed by atoms with E-state index in [2.05, 4.69) is 11.1 Å². The van der Waals surface area contributed by atoms with Crippen LogP contribution in [0.25, 0.3) is 10.2 Å². The SMILES string of the molecule is OCC(Cc1cccc(F)c1)Cc1nc2ccccc2s1. The van der Waals surface area contributed by atoms with E-state index in [9.17, 15) is 9.50 Å². The summed E-state index contributed by atoms with van der Waals surface area (Å²) in [4.78, 5) is 4.59. The van der Waals surface area contributed by atoms with Crippen molar-refractivity contribution in [1.82, 2.24) is 4.98 Å². The molecule has 21 heavy (non-hydrogen) atoms. The molecule has 0 aliphatic rings. The Morgan fingerprint density at radius 1 is 1.10 bits per heavy atom. The van der Waals surface area contributed by atoms with Crippen LogP contribution >= 0.6 is 11.3 Å². The van der Waals surface area contributed by atoms with Gasteiger partial charge in [0.05, 0.1) is 15.2 Å². The molecule has 2 aromatic carbocycles. The first-order chi connectivity index (χ1) is 10.2. The van der Waals surface area contributed by atoms with E-state index in [-0.39, 0.29) is 18.3 Å². The van der Waals surface area contributed by atoms with Gasteiger partial charge >= 0.3 is 0 Å². The molecule has 1 N–H and O–H groups in total. The van der Waals surface area contributed by atoms with Crippen LogP contribution < -0.4 is 0 Å². The van der Waals surface area contributed by atoms with Crippen molar-refractivity contribution in [2.24, 2.45) is 5.92 Å². The van der Waals surface area contributed by atoms with Crippen molar-refractivity contribution in [2.75, 3.05) is 6.61 Å². The molecule has 1 atom stereocenters. The zero-order chi connectivity index (χ0) is 14.7. The zero-order valence-electron chi connectivity index (χ0n) is 11.5. The molecule has 2 nitrogen and oxygen atoms in total. The largest absolute Gasteiger partial charge is 0.396 e. The Kier molecular flexibility index (Phi) is 4.27. The molecule has 0 saturated carbocycles. The van der Waals surface area contributed by atoms with Crippen molar-refractivity contribution in [1.29, 1.82) is 0 Å². The number of halogens is 1. The molecule has 1 unspecified atom stereocenters. The topological polar surface area (TPSA) is 33.1 Å². The first kappa shape index (κ1) is 14.2. The summed E-state index contributed by atoms with van der Waals surface area (Å²) in [7, 11) is 0. The number of aromatic nitrogens is 1. The number of benzene rings is 2. The van der Waals surface area contributed by atoms with E-state index in [0.29, 0.717) is 12.8 Å². The number of thiazole rings is 1. The predicted molar refractivity (Wildman–Crippen MR) is 84.0 cm³/mol. The lowest BCUT2D eigenvalue weighted by atomic mass is 9.97. The third-order valence-corrected chi connectivity index (χ3v) is 4.53. The van der Waals surface area contributed by atoms with E-state index >= 15 is 0 Å². The van der Waals surface area contributed by atoms with Gasteiger partial charge in [-0.3, -0.25) is 0 Å². The third kappa shape index (κ3) is 3.46. The van der Waals surface area contributed by atoms with Crippen molar-refractivity contribution < 1.29 is 9.50 Å². The summed E-state index contributed by atoms with van der Waals surface area (Å²) < 4.78 is 14.4. The fourth-order valence-electron chi connectivity index (χ4n) is 2.45. The summed E-state index contributed by atoms with van der Waals surface area (Å²) in [5, 5.41) is 10.6. The van der Waals surface area contributed by atoms with Crippen LogP contribution in [-0.4, -0.2) is 16.7 Å². The number of para-hydroxylation sites is 1. The average Bonchev–Trinajstić information content (AvgIpc) is 2.89. The standard InChI is InChI=1S/C17H16FNOS/c18-14-5-3-4-12(9-14)8-13(11-20)10-17-19-15-6-1-2-7-16(15)21-17/h1-7,9,13,20H,8,10-11H2. The lowest BCUT2D eigenvalue weighted by Gasteiger charge is -2.12. The summed E-state index contributed by atoms with van der Waals surface area (Å²) >= 11 is 1.66. The van der Waals surface area contributed by atoms with Gasteiger partial charge < -0.3 is 5.11 Å². The number of hydrogen-bond donors (Lipinski definition) is 1. The first-order valence-corrected chi connectivity index (χ1v) is 7.76. The normalized spacial score (nSPS) is 12.7. The Labute approximate surface area is 126 Å². The van der Waals surface area contributed by atoms with Gasteiger partial charge in [0.2, 0.25) is 0 Å². The second kappa shape index (κ2) is 6.33. The lowest BCUT2D eigenvalue weighted by Crippen LogP contribution is -2.13. The molecule has 108 valence electrons. The Hall–Kier alpha value is -1.78. The highest BCUT2D eigenvalue weighted by Crippen LogP contribution is 2.24. The fourth-order valence-corrected chi connectivity index (χ4v) is 3.53. The van der Waals surface area contributed by atoms with Crippen LogP contribution in [0.3, 0.4) is 0 Å². The minimum atomic E-state index is -0.232. The van der Waals surface area contributed by atoms with Crippen LogP contribution in [0, 0.1) is 11.7 Å². The highest BCUT2D eigenvalue weighted by molar-refractivity contribution is 7.18. The van der Waals surface area contributed by atoms with Crippen molar-refractivity contribution in [2.45, 2.75) is 12.8 Å². The fraction of sp³-hybridized carbons (Fsp3) is 0.235. The average molecular weight is 301 g/mol. The predicted octanol–water partition coefficient (Wildman–Crippen LogP) is 3.83. The Morgan fingerprint density at radius 3 is 2.71 bits per heavy atom. The Balaban J connectivity index is 1.74. The van der Waals surface area contributed by atoms with Gasteiger partial charge in [-0.1, -0.05) is 24.3 Å². The summed E-state index contributed by atoms with van der Waals surface area (Å²) in [6, 6.07) is 14.6. The van der Waals surface area contributed by atoms with Gasteiger partial charge in [-0.15, -0.1) is 11.3 Å². The molecule has 0 aliphatic heterocycles. The van der Waals surface area contributed by atoms with Gasteiger partial charge in [0, 0.05) is 13.0 Å². The van der Waals surface area contributed by atoms with Crippen molar-refractivity contribution in [3.05, 3.63) is 64.9 Å². The van der Waals surface area contributed by atoms with Gasteiger partial charge in [-0.2, -0.15) is 0 Å². The molecule has 0 amide bonds.